The molecule has 0 aliphatic heterocycles. The van der Waals surface area contributed by atoms with Crippen LogP contribution in [0.4, 0.5) is 0 Å². The van der Waals surface area contributed by atoms with Crippen LogP contribution in [0.15, 0.2) is 0 Å². The van der Waals surface area contributed by atoms with Crippen molar-refractivity contribution in [1.29, 1.82) is 0 Å². The second kappa shape index (κ2) is 12.2. The molecule has 0 unspecified atom stereocenters. The van der Waals surface area contributed by atoms with E-state index in [2.05, 4.69) is 0 Å². The first-order chi connectivity index (χ1) is 7.85. The van der Waals surface area contributed by atoms with Gasteiger partial charge in [-0.3, -0.25) is 14.5 Å². The number of nitrogens with two attached hydrogens (primary N) is 1. The van der Waals surface area contributed by atoms with Crippen molar-refractivity contribution in [3.8, 4) is 0 Å². The molecule has 0 aliphatic rings. The first-order valence-corrected chi connectivity index (χ1v) is 6.21. The van der Waals surface area contributed by atoms with Gasteiger partial charge in [-0.05, 0) is 19.4 Å². The maximum atomic E-state index is 10.3. The Morgan fingerprint density at radius 1 is 0.750 bits per heavy atom. The molecule has 94 valence electrons. The predicted octanol–water partition coefficient (Wildman–Crippen LogP) is 1.68. The number of hydrogen-bond acceptors (Lipinski definition) is 3. The smallest absolute Gasteiger partial charge is 0.216 e. The topological polar surface area (TPSA) is 63.4 Å². The molecule has 0 aromatic heterocycles. The lowest BCUT2D eigenvalue weighted by molar-refractivity contribution is -0.129. The lowest BCUT2D eigenvalue weighted by atomic mass is 10.1. The fourth-order valence-corrected chi connectivity index (χ4v) is 1.63. The van der Waals surface area contributed by atoms with E-state index in [4.69, 9.17) is 5.73 Å². The van der Waals surface area contributed by atoms with Crippen molar-refractivity contribution in [3.63, 3.8) is 0 Å². The van der Waals surface area contributed by atoms with Gasteiger partial charge in [0.05, 0.1) is 0 Å². The maximum absolute atomic E-state index is 10.3. The molecule has 0 heterocycles. The SMILES string of the molecule is NCCCCCCCCCCN(C=O)C=O. The van der Waals surface area contributed by atoms with Gasteiger partial charge in [-0.2, -0.15) is 0 Å². The Morgan fingerprint density at radius 3 is 1.62 bits per heavy atom. The molecule has 0 saturated heterocycles. The van der Waals surface area contributed by atoms with Crippen molar-refractivity contribution in [2.45, 2.75) is 51.4 Å². The van der Waals surface area contributed by atoms with Crippen LogP contribution >= 0.6 is 0 Å². The van der Waals surface area contributed by atoms with Crippen molar-refractivity contribution in [3.05, 3.63) is 0 Å². The first-order valence-electron chi connectivity index (χ1n) is 6.21. The second-order valence-corrected chi connectivity index (χ2v) is 4.07. The van der Waals surface area contributed by atoms with Gasteiger partial charge in [0, 0.05) is 6.54 Å². The molecule has 0 atom stereocenters. The molecule has 0 bridgehead atoms. The number of rotatable bonds is 12. The molecule has 0 spiro atoms. The van der Waals surface area contributed by atoms with Gasteiger partial charge in [0.15, 0.2) is 0 Å². The molecular formula is C12H24N2O2. The minimum Gasteiger partial charge on any atom is -0.330 e. The van der Waals surface area contributed by atoms with Crippen LogP contribution in [0.3, 0.4) is 0 Å². The molecule has 0 fully saturated rings. The van der Waals surface area contributed by atoms with Crippen LogP contribution in [-0.2, 0) is 9.59 Å². The van der Waals surface area contributed by atoms with Gasteiger partial charge in [0.1, 0.15) is 0 Å². The highest BCUT2D eigenvalue weighted by Gasteiger charge is 1.97. The molecule has 4 nitrogen and oxygen atoms in total. The molecule has 16 heavy (non-hydrogen) atoms. The third kappa shape index (κ3) is 9.65. The second-order valence-electron chi connectivity index (χ2n) is 4.07. The molecule has 0 saturated carbocycles. The Kier molecular flexibility index (Phi) is 11.5. The minimum absolute atomic E-state index is 0.556. The molecule has 0 aromatic carbocycles. The van der Waals surface area contributed by atoms with Crippen LogP contribution in [-0.4, -0.2) is 30.8 Å². The fourth-order valence-electron chi connectivity index (χ4n) is 1.63. The van der Waals surface area contributed by atoms with E-state index < -0.39 is 0 Å². The number of nitrogens with zero attached hydrogens (tertiary/aromatic N) is 1. The summed E-state index contributed by atoms with van der Waals surface area (Å²) in [6, 6.07) is 0. The summed E-state index contributed by atoms with van der Waals surface area (Å²) in [5.41, 5.74) is 5.40. The Morgan fingerprint density at radius 2 is 1.19 bits per heavy atom. The van der Waals surface area contributed by atoms with Gasteiger partial charge in [-0.25, -0.2) is 0 Å². The van der Waals surface area contributed by atoms with E-state index in [1.165, 1.54) is 32.1 Å². The number of hydrogen-bond donors (Lipinski definition) is 1. The maximum Gasteiger partial charge on any atom is 0.216 e. The van der Waals surface area contributed by atoms with Gasteiger partial charge >= 0.3 is 0 Å². The largest absolute Gasteiger partial charge is 0.330 e. The van der Waals surface area contributed by atoms with Crippen molar-refractivity contribution >= 4 is 12.8 Å². The average molecular weight is 228 g/mol. The number of carbonyl (C=O) groups is 2. The van der Waals surface area contributed by atoms with E-state index in [1.54, 1.807) is 0 Å². The van der Waals surface area contributed by atoms with Gasteiger partial charge in [-0.1, -0.05) is 38.5 Å². The summed E-state index contributed by atoms with van der Waals surface area (Å²) in [5.74, 6) is 0. The van der Waals surface area contributed by atoms with Crippen LogP contribution in [0.2, 0.25) is 0 Å². The van der Waals surface area contributed by atoms with Crippen molar-refractivity contribution in [2.24, 2.45) is 5.73 Å². The molecule has 2 N–H and O–H groups in total. The van der Waals surface area contributed by atoms with Gasteiger partial charge in [0.2, 0.25) is 12.8 Å². The van der Waals surface area contributed by atoms with E-state index in [0.717, 1.165) is 30.7 Å². The molecule has 0 aromatic rings. The summed E-state index contributed by atoms with van der Waals surface area (Å²) in [6.45, 7) is 1.35. The summed E-state index contributed by atoms with van der Waals surface area (Å²) in [6.07, 6.45) is 10.5. The van der Waals surface area contributed by atoms with Crippen LogP contribution in [0, 0.1) is 0 Å². The standard InChI is InChI=1S/C12H24N2O2/c13-9-7-5-3-1-2-4-6-8-10-14(11-15)12-16/h11-12H,1-10,13H2. The lowest BCUT2D eigenvalue weighted by Crippen LogP contribution is -2.20. The molecule has 0 aliphatic carbocycles. The zero-order chi connectivity index (χ0) is 12.1. The van der Waals surface area contributed by atoms with Crippen LogP contribution < -0.4 is 5.73 Å². The third-order valence-electron chi connectivity index (χ3n) is 2.64. The Labute approximate surface area is 98.2 Å². The van der Waals surface area contributed by atoms with Gasteiger partial charge in [-0.15, -0.1) is 0 Å². The molecule has 0 rings (SSSR count). The minimum atomic E-state index is 0.556. The number of imide groups is 1. The number of amides is 2. The highest BCUT2D eigenvalue weighted by molar-refractivity contribution is 5.68. The van der Waals surface area contributed by atoms with Gasteiger partial charge < -0.3 is 5.73 Å². The van der Waals surface area contributed by atoms with E-state index in [9.17, 15) is 9.59 Å². The average Bonchev–Trinajstić information content (AvgIpc) is 2.32. The molecule has 2 amide bonds. The zero-order valence-electron chi connectivity index (χ0n) is 10.1. The summed E-state index contributed by atoms with van der Waals surface area (Å²) in [5, 5.41) is 0. The van der Waals surface area contributed by atoms with E-state index in [-0.39, 0.29) is 0 Å². The van der Waals surface area contributed by atoms with Crippen LogP contribution in [0.5, 0.6) is 0 Å². The van der Waals surface area contributed by atoms with Gasteiger partial charge in [0.25, 0.3) is 0 Å². The van der Waals surface area contributed by atoms with Crippen molar-refractivity contribution < 1.29 is 9.59 Å². The molecular weight excluding hydrogens is 204 g/mol. The fraction of sp³-hybridized carbons (Fsp3) is 0.833. The van der Waals surface area contributed by atoms with E-state index >= 15 is 0 Å². The van der Waals surface area contributed by atoms with Crippen molar-refractivity contribution in [2.75, 3.05) is 13.1 Å². The first kappa shape index (κ1) is 15.1. The lowest BCUT2D eigenvalue weighted by Gasteiger charge is -2.07. The Balaban J connectivity index is 3.09. The number of carbonyl (C=O) groups excluding carboxylic acids is 2. The van der Waals surface area contributed by atoms with Crippen LogP contribution in [0.1, 0.15) is 51.4 Å². The monoisotopic (exact) mass is 228 g/mol. The molecule has 0 radical (unpaired) electrons. The number of unbranched alkanes of at least 4 members (excludes halogenated alkanes) is 7. The normalized spacial score (nSPS) is 10.1. The highest BCUT2D eigenvalue weighted by atomic mass is 16.2. The zero-order valence-corrected chi connectivity index (χ0v) is 10.1. The predicted molar refractivity (Wildman–Crippen MR) is 64.8 cm³/mol. The summed E-state index contributed by atoms with van der Waals surface area (Å²) in [4.78, 5) is 21.7. The summed E-state index contributed by atoms with van der Waals surface area (Å²) < 4.78 is 0. The Bertz CT molecular complexity index is 166. The Hall–Kier alpha value is -0.900. The third-order valence-corrected chi connectivity index (χ3v) is 2.64. The van der Waals surface area contributed by atoms with E-state index in [0.29, 0.717) is 19.4 Å². The quantitative estimate of drug-likeness (QED) is 0.408. The van der Waals surface area contributed by atoms with Crippen LogP contribution in [0.25, 0.3) is 0 Å². The summed E-state index contributed by atoms with van der Waals surface area (Å²) in [7, 11) is 0. The summed E-state index contributed by atoms with van der Waals surface area (Å²) >= 11 is 0. The van der Waals surface area contributed by atoms with E-state index in [1.807, 2.05) is 0 Å². The molecule has 4 heteroatoms. The highest BCUT2D eigenvalue weighted by Crippen LogP contribution is 2.08. The van der Waals surface area contributed by atoms with Crippen molar-refractivity contribution in [1.82, 2.24) is 4.90 Å².